The molecule has 3 rings (SSSR count). The number of aromatic nitrogens is 1. The maximum absolute atomic E-state index is 14.8. The number of pyridine rings is 1. The zero-order valence-corrected chi connectivity index (χ0v) is 22.2. The third-order valence-electron chi connectivity index (χ3n) is 6.29. The van der Waals surface area contributed by atoms with Crippen molar-refractivity contribution in [2.75, 3.05) is 19.0 Å². The number of aliphatic hydroxyl groups is 1. The van der Waals surface area contributed by atoms with E-state index in [0.717, 1.165) is 18.7 Å². The number of aryl methyl sites for hydroxylation is 1. The summed E-state index contributed by atoms with van der Waals surface area (Å²) < 4.78 is 61.9. The van der Waals surface area contributed by atoms with Gasteiger partial charge in [0.2, 0.25) is 5.91 Å². The van der Waals surface area contributed by atoms with Gasteiger partial charge in [-0.05, 0) is 61.5 Å². The molecule has 0 unspecified atom stereocenters. The summed E-state index contributed by atoms with van der Waals surface area (Å²) in [5.41, 5.74) is -2.05. The van der Waals surface area contributed by atoms with Gasteiger partial charge >= 0.3 is 6.09 Å². The molecule has 0 radical (unpaired) electrons. The van der Waals surface area contributed by atoms with Crippen LogP contribution in [0.5, 0.6) is 0 Å². The molecule has 0 bridgehead atoms. The van der Waals surface area contributed by atoms with Gasteiger partial charge in [-0.2, -0.15) is 0 Å². The Labute approximate surface area is 235 Å². The Morgan fingerprint density at radius 3 is 2.52 bits per heavy atom. The van der Waals surface area contributed by atoms with E-state index in [1.807, 2.05) is 0 Å². The van der Waals surface area contributed by atoms with E-state index in [9.17, 15) is 32.3 Å². The second kappa shape index (κ2) is 13.3. The highest BCUT2D eigenvalue weighted by Crippen LogP contribution is 2.34. The summed E-state index contributed by atoms with van der Waals surface area (Å²) in [6.07, 6.45) is -0.783. The van der Waals surface area contributed by atoms with Gasteiger partial charge in [0.15, 0.2) is 0 Å². The maximum atomic E-state index is 14.8. The van der Waals surface area contributed by atoms with Crippen molar-refractivity contribution >= 4 is 40.2 Å². The number of nitrogens with zero attached hydrogens (tertiary/aromatic N) is 2. The van der Waals surface area contributed by atoms with Crippen LogP contribution >= 0.6 is 11.6 Å². The van der Waals surface area contributed by atoms with Gasteiger partial charge in [0, 0.05) is 31.5 Å². The fourth-order valence-corrected chi connectivity index (χ4v) is 3.93. The fourth-order valence-electron chi connectivity index (χ4n) is 3.71. The number of alkyl halides is 2. The number of fused-ring (bicyclic) bond motifs is 1. The molecule has 2 N–H and O–H groups in total. The van der Waals surface area contributed by atoms with Crippen molar-refractivity contribution in [3.63, 3.8) is 0 Å². The molecule has 0 saturated carbocycles. The molecule has 2 amide bonds. The van der Waals surface area contributed by atoms with Gasteiger partial charge in [-0.15, -0.1) is 0 Å². The van der Waals surface area contributed by atoms with Crippen LogP contribution in [-0.4, -0.2) is 58.2 Å². The predicted molar refractivity (Wildman–Crippen MR) is 146 cm³/mol. The lowest BCUT2D eigenvalue weighted by Crippen LogP contribution is -2.50. The monoisotopic (exact) mass is 585 g/mol. The summed E-state index contributed by atoms with van der Waals surface area (Å²) >= 11 is 5.93. The quantitative estimate of drug-likeness (QED) is 0.261. The number of rotatable bonds is 10. The average Bonchev–Trinajstić information content (AvgIpc) is 2.85. The number of amides is 2. The van der Waals surface area contributed by atoms with Crippen LogP contribution in [0.25, 0.3) is 10.8 Å². The molecular formula is C28H32ClF4N3O4. The molecule has 2 aromatic carbocycles. The van der Waals surface area contributed by atoms with E-state index in [-0.39, 0.29) is 31.1 Å². The molecule has 1 aromatic heterocycles. The first-order valence-corrected chi connectivity index (χ1v) is 12.3. The molecule has 40 heavy (non-hydrogen) atoms. The largest absolute Gasteiger partial charge is 0.447 e. The van der Waals surface area contributed by atoms with E-state index in [4.69, 9.17) is 16.3 Å². The molecule has 218 valence electrons. The minimum absolute atomic E-state index is 0. The van der Waals surface area contributed by atoms with Crippen molar-refractivity contribution < 1.29 is 37.0 Å². The number of hydrogen-bond donors (Lipinski definition) is 2. The minimum Gasteiger partial charge on any atom is -0.447 e. The summed E-state index contributed by atoms with van der Waals surface area (Å²) in [4.78, 5) is 30.3. The predicted octanol–water partition coefficient (Wildman–Crippen LogP) is 6.61. The Morgan fingerprint density at radius 1 is 1.15 bits per heavy atom. The van der Waals surface area contributed by atoms with Gasteiger partial charge in [-0.3, -0.25) is 10.1 Å². The third-order valence-corrected chi connectivity index (χ3v) is 6.71. The van der Waals surface area contributed by atoms with Crippen LogP contribution in [0.15, 0.2) is 48.7 Å². The van der Waals surface area contributed by atoms with Crippen molar-refractivity contribution in [1.29, 1.82) is 0 Å². The van der Waals surface area contributed by atoms with Crippen LogP contribution in [0.2, 0.25) is 5.02 Å². The van der Waals surface area contributed by atoms with Crippen molar-refractivity contribution in [2.24, 2.45) is 0 Å². The number of hydrogen-bond acceptors (Lipinski definition) is 5. The maximum Gasteiger partial charge on any atom is 0.412 e. The fraction of sp³-hybridized carbons (Fsp3) is 0.393. The zero-order valence-electron chi connectivity index (χ0n) is 21.5. The van der Waals surface area contributed by atoms with E-state index in [1.54, 1.807) is 6.07 Å². The lowest BCUT2D eigenvalue weighted by Gasteiger charge is -2.35. The molecule has 1 heterocycles. The molecule has 0 spiro atoms. The Bertz CT molecular complexity index is 1350. The van der Waals surface area contributed by atoms with Gasteiger partial charge in [0.25, 0.3) is 5.92 Å². The lowest BCUT2D eigenvalue weighted by atomic mass is 9.93. The van der Waals surface area contributed by atoms with Crippen LogP contribution < -0.4 is 5.32 Å². The number of halogens is 5. The smallest absolute Gasteiger partial charge is 0.412 e. The Kier molecular flexibility index (Phi) is 10.9. The first-order valence-electron chi connectivity index (χ1n) is 12.0. The zero-order chi connectivity index (χ0) is 29.0. The van der Waals surface area contributed by atoms with E-state index in [0.29, 0.717) is 16.3 Å². The van der Waals surface area contributed by atoms with Crippen LogP contribution in [0, 0.1) is 11.6 Å². The van der Waals surface area contributed by atoms with Gasteiger partial charge < -0.3 is 14.7 Å². The highest BCUT2D eigenvalue weighted by molar-refractivity contribution is 6.31. The van der Waals surface area contributed by atoms with Gasteiger partial charge in [-0.1, -0.05) is 31.2 Å². The number of ether oxygens (including phenoxy) is 1. The number of nitrogens with one attached hydrogen (secondary N) is 1. The van der Waals surface area contributed by atoms with Crippen LogP contribution in [-0.2, 0) is 16.0 Å². The van der Waals surface area contributed by atoms with Crippen molar-refractivity contribution in [2.45, 2.75) is 58.1 Å². The van der Waals surface area contributed by atoms with Crippen LogP contribution in [0.4, 0.5) is 28.2 Å². The number of benzene rings is 2. The second-order valence-corrected chi connectivity index (χ2v) is 10.0. The second-order valence-electron chi connectivity index (χ2n) is 9.62. The van der Waals surface area contributed by atoms with Crippen molar-refractivity contribution in [3.05, 3.63) is 70.9 Å². The van der Waals surface area contributed by atoms with Crippen molar-refractivity contribution in [1.82, 2.24) is 9.88 Å². The van der Waals surface area contributed by atoms with Crippen LogP contribution in [0.1, 0.15) is 39.7 Å². The summed E-state index contributed by atoms with van der Waals surface area (Å²) in [5, 5.41) is 13.2. The minimum atomic E-state index is -3.65. The van der Waals surface area contributed by atoms with E-state index >= 15 is 0 Å². The summed E-state index contributed by atoms with van der Waals surface area (Å²) in [7, 11) is 1.27. The van der Waals surface area contributed by atoms with Gasteiger partial charge in [0.1, 0.15) is 29.7 Å². The molecule has 7 nitrogen and oxygen atoms in total. The normalized spacial score (nSPS) is 12.4. The molecule has 3 aromatic rings. The highest BCUT2D eigenvalue weighted by atomic mass is 35.5. The molecule has 1 atom stereocenters. The molecule has 0 saturated heterocycles. The Morgan fingerprint density at radius 2 is 1.85 bits per heavy atom. The number of carbonyl (C=O) groups excluding carboxylic acids is 2. The summed E-state index contributed by atoms with van der Waals surface area (Å²) in [5.74, 6) is -5.34. The number of likely N-dealkylation sites (N-methyl/N-ethyl adjacent to an activating group) is 1. The summed E-state index contributed by atoms with van der Waals surface area (Å²) in [6.45, 7) is 1.22. The van der Waals surface area contributed by atoms with E-state index in [2.05, 4.69) is 10.3 Å². The molecular weight excluding hydrogens is 554 g/mol. The van der Waals surface area contributed by atoms with E-state index in [1.165, 1.54) is 49.6 Å². The third kappa shape index (κ3) is 8.28. The Balaban J connectivity index is 0.00000560. The van der Waals surface area contributed by atoms with Gasteiger partial charge in [0.05, 0.1) is 11.1 Å². The van der Waals surface area contributed by atoms with Gasteiger partial charge in [-0.25, -0.2) is 27.3 Å². The molecule has 0 aliphatic rings. The van der Waals surface area contributed by atoms with E-state index < -0.39 is 54.2 Å². The number of anilines is 1. The molecule has 0 fully saturated rings. The molecule has 0 aliphatic carbocycles. The average molecular weight is 586 g/mol. The highest BCUT2D eigenvalue weighted by Gasteiger charge is 2.48. The molecule has 12 heteroatoms. The lowest BCUT2D eigenvalue weighted by molar-refractivity contribution is -0.176. The topological polar surface area (TPSA) is 91.8 Å². The molecule has 0 aliphatic heterocycles. The number of carbonyl (C=O) groups is 2. The summed E-state index contributed by atoms with van der Waals surface area (Å²) in [6, 6.07) is 8.26. The standard InChI is InChI=1S/C27H28ClF4N3O4.CH4/c1-26(2,38)27(31,32)13-20(35(3)23(36)10-8-16-5-4-6-21(30)24(16)28)15-39-25(37)34-22-12-18-11-19(29)9-7-17(18)14-33-22;/h4-7,9,11-12,14,20,38H,8,10,13,15H2,1-3H3,(H,33,34,37);1H4/t20-;/m0./s1. The van der Waals surface area contributed by atoms with Crippen molar-refractivity contribution in [3.8, 4) is 0 Å². The van der Waals surface area contributed by atoms with Crippen LogP contribution in [0.3, 0.4) is 0 Å². The SMILES string of the molecule is C.CN(C(=O)CCc1cccc(F)c1Cl)[C@H](COC(=O)Nc1cc2cc(F)ccc2cn1)CC(F)(F)C(C)(C)O. The first kappa shape index (κ1) is 32.8. The Hall–Kier alpha value is -3.44. The first-order chi connectivity index (χ1) is 18.2.